The summed E-state index contributed by atoms with van der Waals surface area (Å²) >= 11 is 1.72. The van der Waals surface area contributed by atoms with Crippen LogP contribution in [0.2, 0.25) is 0 Å². The lowest BCUT2D eigenvalue weighted by molar-refractivity contribution is 0.668. The smallest absolute Gasteiger partial charge is 0.0455 e. The van der Waals surface area contributed by atoms with Gasteiger partial charge < -0.3 is 0 Å². The Kier molecular flexibility index (Phi) is 3.79. The van der Waals surface area contributed by atoms with Gasteiger partial charge in [-0.15, -0.1) is 11.3 Å². The number of hydrogen-bond acceptors (Lipinski definition) is 1. The number of rotatable bonds is 5. The second kappa shape index (κ2) is 5.32. The molecule has 1 heteroatoms. The minimum Gasteiger partial charge on any atom is -0.134 e. The van der Waals surface area contributed by atoms with E-state index in [2.05, 4.69) is 36.6 Å². The maximum absolute atomic E-state index is 3.22. The van der Waals surface area contributed by atoms with Crippen molar-refractivity contribution in [1.29, 1.82) is 0 Å². The van der Waals surface area contributed by atoms with E-state index in [4.69, 9.17) is 0 Å². The van der Waals surface area contributed by atoms with Crippen LogP contribution in [0.3, 0.4) is 0 Å². The predicted octanol–water partition coefficient (Wildman–Crippen LogP) is 4.82. The Labute approximate surface area is 95.9 Å². The first-order chi connectivity index (χ1) is 7.42. The van der Waals surface area contributed by atoms with E-state index in [9.17, 15) is 0 Å². The van der Waals surface area contributed by atoms with Gasteiger partial charge >= 0.3 is 0 Å². The number of aryl methyl sites for hydroxylation is 1. The summed E-state index contributed by atoms with van der Waals surface area (Å²) in [7, 11) is 0. The van der Waals surface area contributed by atoms with E-state index in [1.165, 1.54) is 47.8 Å². The van der Waals surface area contributed by atoms with Gasteiger partial charge in [0.15, 0.2) is 0 Å². The lowest BCUT2D eigenvalue weighted by Crippen LogP contribution is -1.86. The molecule has 0 aliphatic heterocycles. The van der Waals surface area contributed by atoms with Crippen LogP contribution in [0.5, 0.6) is 0 Å². The fraction of sp³-hybridized carbons (Fsp3) is 0.429. The second-order valence-electron chi connectivity index (χ2n) is 4.00. The number of unbranched alkanes of at least 4 members (excludes halogenated alkanes) is 3. The molecule has 0 aliphatic rings. The molecule has 0 bridgehead atoms. The summed E-state index contributed by atoms with van der Waals surface area (Å²) < 4.78 is 1.38. The number of fused-ring (bicyclic) bond motifs is 1. The van der Waals surface area contributed by atoms with Crippen molar-refractivity contribution in [2.24, 2.45) is 0 Å². The van der Waals surface area contributed by atoms with Gasteiger partial charge in [0, 0.05) is 10.1 Å². The summed E-state index contributed by atoms with van der Waals surface area (Å²) in [5.41, 5.74) is 1.50. The summed E-state index contributed by atoms with van der Waals surface area (Å²) in [6.07, 6.45) is 6.59. The molecule has 79 valence electrons. The monoisotopic (exact) mass is 217 g/mol. The van der Waals surface area contributed by atoms with Gasteiger partial charge in [0.25, 0.3) is 0 Å². The summed E-state index contributed by atoms with van der Waals surface area (Å²) in [6.45, 7) is 2.26. The molecule has 2 aromatic rings. The van der Waals surface area contributed by atoms with Gasteiger partial charge in [-0.1, -0.05) is 38.3 Å². The second-order valence-corrected chi connectivity index (χ2v) is 4.88. The Balaban J connectivity index is 2.04. The van der Waals surface area contributed by atoms with Crippen LogP contribution in [0, 0.1) is 5.38 Å². The third-order valence-electron chi connectivity index (χ3n) is 2.83. The molecule has 1 heterocycles. The minimum atomic E-state index is 1.22. The highest BCUT2D eigenvalue weighted by atomic mass is 32.1. The zero-order chi connectivity index (χ0) is 10.5. The average molecular weight is 217 g/mol. The van der Waals surface area contributed by atoms with Gasteiger partial charge in [-0.05, 0) is 35.9 Å². The molecule has 1 radical (unpaired) electrons. The third-order valence-corrected chi connectivity index (χ3v) is 3.64. The molecule has 0 unspecified atom stereocenters. The molecule has 0 atom stereocenters. The Hall–Kier alpha value is -0.820. The highest BCUT2D eigenvalue weighted by Gasteiger charge is 2.01. The first-order valence-electron chi connectivity index (χ1n) is 5.79. The summed E-state index contributed by atoms with van der Waals surface area (Å²) in [6, 6.07) is 8.75. The van der Waals surface area contributed by atoms with Crippen molar-refractivity contribution in [1.82, 2.24) is 0 Å². The van der Waals surface area contributed by atoms with Crippen LogP contribution in [0.4, 0.5) is 0 Å². The maximum atomic E-state index is 3.22. The van der Waals surface area contributed by atoms with Crippen molar-refractivity contribution >= 4 is 21.4 Å². The van der Waals surface area contributed by atoms with Crippen LogP contribution in [-0.2, 0) is 6.42 Å². The Morgan fingerprint density at radius 1 is 1.20 bits per heavy atom. The van der Waals surface area contributed by atoms with Crippen LogP contribution < -0.4 is 0 Å². The van der Waals surface area contributed by atoms with Gasteiger partial charge in [-0.2, -0.15) is 0 Å². The van der Waals surface area contributed by atoms with Gasteiger partial charge in [0.2, 0.25) is 0 Å². The highest BCUT2D eigenvalue weighted by molar-refractivity contribution is 7.16. The minimum absolute atomic E-state index is 1.22. The van der Waals surface area contributed by atoms with E-state index < -0.39 is 0 Å². The van der Waals surface area contributed by atoms with E-state index in [-0.39, 0.29) is 0 Å². The van der Waals surface area contributed by atoms with Crippen molar-refractivity contribution in [2.45, 2.75) is 39.0 Å². The van der Waals surface area contributed by atoms with Gasteiger partial charge in [-0.3, -0.25) is 0 Å². The van der Waals surface area contributed by atoms with Crippen LogP contribution in [0.1, 0.15) is 38.2 Å². The molecule has 15 heavy (non-hydrogen) atoms. The maximum Gasteiger partial charge on any atom is 0.0455 e. The molecule has 0 fully saturated rings. The standard InChI is InChI=1S/C14H17S/c1-2-3-4-5-7-12-8-6-9-14-13(12)10-11-15-14/h6,8-10H,2-5,7H2,1H3. The summed E-state index contributed by atoms with van der Waals surface area (Å²) in [5, 5.41) is 4.64. The molecule has 0 N–H and O–H groups in total. The SMILES string of the molecule is CCCCCCc1cccc2s[c]cc12. The van der Waals surface area contributed by atoms with Crippen LogP contribution in [-0.4, -0.2) is 0 Å². The Bertz CT molecular complexity index is 414. The van der Waals surface area contributed by atoms with Crippen LogP contribution in [0.25, 0.3) is 10.1 Å². The van der Waals surface area contributed by atoms with Crippen LogP contribution in [0.15, 0.2) is 24.3 Å². The number of thiophene rings is 1. The van der Waals surface area contributed by atoms with Gasteiger partial charge in [0.1, 0.15) is 0 Å². The van der Waals surface area contributed by atoms with E-state index in [0.29, 0.717) is 0 Å². The quantitative estimate of drug-likeness (QED) is 0.630. The fourth-order valence-corrected chi connectivity index (χ4v) is 2.70. The molecule has 0 aliphatic carbocycles. The summed E-state index contributed by atoms with van der Waals surface area (Å²) in [4.78, 5) is 0. The lowest BCUT2D eigenvalue weighted by Gasteiger charge is -2.02. The largest absolute Gasteiger partial charge is 0.134 e. The van der Waals surface area contributed by atoms with Crippen molar-refractivity contribution in [2.75, 3.05) is 0 Å². The van der Waals surface area contributed by atoms with Crippen LogP contribution >= 0.6 is 11.3 Å². The molecular weight excluding hydrogens is 200 g/mol. The van der Waals surface area contributed by atoms with Crippen molar-refractivity contribution < 1.29 is 0 Å². The number of benzene rings is 1. The Morgan fingerprint density at radius 3 is 3.00 bits per heavy atom. The zero-order valence-electron chi connectivity index (χ0n) is 9.25. The highest BCUT2D eigenvalue weighted by Crippen LogP contribution is 2.24. The van der Waals surface area contributed by atoms with Crippen molar-refractivity contribution in [3.63, 3.8) is 0 Å². The van der Waals surface area contributed by atoms with Gasteiger partial charge in [0.05, 0.1) is 0 Å². The predicted molar refractivity (Wildman–Crippen MR) is 68.5 cm³/mol. The van der Waals surface area contributed by atoms with E-state index >= 15 is 0 Å². The Morgan fingerprint density at radius 2 is 2.13 bits per heavy atom. The van der Waals surface area contributed by atoms with E-state index in [1.807, 2.05) is 0 Å². The number of hydrogen-bond donors (Lipinski definition) is 0. The normalized spacial score (nSPS) is 11.0. The van der Waals surface area contributed by atoms with Gasteiger partial charge in [-0.25, -0.2) is 0 Å². The lowest BCUT2D eigenvalue weighted by atomic mass is 10.0. The fourth-order valence-electron chi connectivity index (χ4n) is 1.95. The molecule has 1 aromatic carbocycles. The molecular formula is C14H17S. The molecule has 0 saturated heterocycles. The topological polar surface area (TPSA) is 0 Å². The summed E-state index contributed by atoms with van der Waals surface area (Å²) in [5.74, 6) is 0. The molecule has 0 nitrogen and oxygen atoms in total. The van der Waals surface area contributed by atoms with Crippen molar-refractivity contribution in [3.05, 3.63) is 35.2 Å². The molecule has 2 rings (SSSR count). The molecule has 1 aromatic heterocycles. The molecule has 0 spiro atoms. The van der Waals surface area contributed by atoms with E-state index in [0.717, 1.165) is 0 Å². The molecule has 0 amide bonds. The first kappa shape index (κ1) is 10.7. The average Bonchev–Trinajstić information content (AvgIpc) is 2.73. The zero-order valence-corrected chi connectivity index (χ0v) is 10.1. The third kappa shape index (κ3) is 2.60. The first-order valence-corrected chi connectivity index (χ1v) is 6.61. The van der Waals surface area contributed by atoms with E-state index in [1.54, 1.807) is 11.3 Å². The molecule has 0 saturated carbocycles. The van der Waals surface area contributed by atoms with Crippen molar-refractivity contribution in [3.8, 4) is 0 Å².